The molecule has 0 unspecified atom stereocenters. The van der Waals surface area contributed by atoms with Crippen LogP contribution in [0.25, 0.3) is 21.9 Å². The third kappa shape index (κ3) is 4.21. The number of hydrogen-bond donors (Lipinski definition) is 1. The number of fused-ring (bicyclic) bond motifs is 3. The van der Waals surface area contributed by atoms with Gasteiger partial charge in [-0.15, -0.1) is 0 Å². The number of ether oxygens (including phenoxy) is 4. The van der Waals surface area contributed by atoms with E-state index in [9.17, 15) is 4.79 Å². The SMILES string of the molecule is COc1cc(CNC(=O)COc2ccc3oc4ccccc4c3c2)cc(OC)c1OC. The lowest BCUT2D eigenvalue weighted by Crippen LogP contribution is -2.28. The van der Waals surface area contributed by atoms with Crippen molar-refractivity contribution in [1.82, 2.24) is 5.32 Å². The second-order valence-electron chi connectivity index (χ2n) is 6.86. The summed E-state index contributed by atoms with van der Waals surface area (Å²) in [5, 5.41) is 4.80. The van der Waals surface area contributed by atoms with Gasteiger partial charge >= 0.3 is 0 Å². The summed E-state index contributed by atoms with van der Waals surface area (Å²) in [6.07, 6.45) is 0. The maximum atomic E-state index is 12.3. The van der Waals surface area contributed by atoms with Gasteiger partial charge in [0.1, 0.15) is 16.9 Å². The van der Waals surface area contributed by atoms with Crippen LogP contribution in [0.4, 0.5) is 0 Å². The van der Waals surface area contributed by atoms with Gasteiger partial charge in [0.05, 0.1) is 21.3 Å². The van der Waals surface area contributed by atoms with Crippen LogP contribution in [0.1, 0.15) is 5.56 Å². The monoisotopic (exact) mass is 421 g/mol. The Labute approximate surface area is 179 Å². The molecule has 4 rings (SSSR count). The summed E-state index contributed by atoms with van der Waals surface area (Å²) in [4.78, 5) is 12.3. The number of carbonyl (C=O) groups excluding carboxylic acids is 1. The standard InChI is InChI=1S/C24H23NO6/c1-27-21-10-15(11-22(28-2)24(21)29-3)13-25-23(26)14-30-16-8-9-20-18(12-16)17-6-4-5-7-19(17)31-20/h4-12H,13-14H2,1-3H3,(H,25,26). The Morgan fingerprint density at radius 2 is 1.58 bits per heavy atom. The molecule has 0 spiro atoms. The van der Waals surface area contributed by atoms with E-state index >= 15 is 0 Å². The van der Waals surface area contributed by atoms with Crippen LogP contribution in [0, 0.1) is 0 Å². The lowest BCUT2D eigenvalue weighted by Gasteiger charge is -2.14. The molecule has 0 bridgehead atoms. The van der Waals surface area contributed by atoms with Gasteiger partial charge in [-0.2, -0.15) is 0 Å². The van der Waals surface area contributed by atoms with E-state index in [0.29, 0.717) is 29.5 Å². The van der Waals surface area contributed by atoms with E-state index in [-0.39, 0.29) is 12.5 Å². The molecule has 1 heterocycles. The molecule has 31 heavy (non-hydrogen) atoms. The van der Waals surface area contributed by atoms with Gasteiger partial charge in [-0.1, -0.05) is 18.2 Å². The van der Waals surface area contributed by atoms with Gasteiger partial charge < -0.3 is 28.7 Å². The van der Waals surface area contributed by atoms with E-state index in [1.54, 1.807) is 39.5 Å². The molecular formula is C24H23NO6. The smallest absolute Gasteiger partial charge is 0.258 e. The van der Waals surface area contributed by atoms with E-state index < -0.39 is 0 Å². The number of hydrogen-bond acceptors (Lipinski definition) is 6. The number of benzene rings is 3. The summed E-state index contributed by atoms with van der Waals surface area (Å²) in [7, 11) is 4.64. The highest BCUT2D eigenvalue weighted by molar-refractivity contribution is 6.05. The predicted molar refractivity (Wildman–Crippen MR) is 117 cm³/mol. The lowest BCUT2D eigenvalue weighted by molar-refractivity contribution is -0.123. The van der Waals surface area contributed by atoms with Crippen molar-refractivity contribution in [1.29, 1.82) is 0 Å². The molecule has 7 heteroatoms. The number of para-hydroxylation sites is 1. The number of rotatable bonds is 8. The lowest BCUT2D eigenvalue weighted by atomic mass is 10.1. The van der Waals surface area contributed by atoms with Crippen LogP contribution in [-0.2, 0) is 11.3 Å². The number of furan rings is 1. The topological polar surface area (TPSA) is 79.2 Å². The number of amides is 1. The maximum Gasteiger partial charge on any atom is 0.258 e. The van der Waals surface area contributed by atoms with Crippen LogP contribution in [0.15, 0.2) is 59.0 Å². The summed E-state index contributed by atoms with van der Waals surface area (Å²) in [6.45, 7) is 0.191. The zero-order valence-corrected chi connectivity index (χ0v) is 17.6. The summed E-state index contributed by atoms with van der Waals surface area (Å²) < 4.78 is 27.5. The quantitative estimate of drug-likeness (QED) is 0.457. The van der Waals surface area contributed by atoms with Crippen molar-refractivity contribution < 1.29 is 28.2 Å². The molecule has 0 saturated carbocycles. The number of carbonyl (C=O) groups is 1. The molecule has 0 radical (unpaired) electrons. The highest BCUT2D eigenvalue weighted by atomic mass is 16.5. The maximum absolute atomic E-state index is 12.3. The second-order valence-corrected chi connectivity index (χ2v) is 6.86. The summed E-state index contributed by atoms with van der Waals surface area (Å²) in [5.41, 5.74) is 2.41. The summed E-state index contributed by atoms with van der Waals surface area (Å²) in [5.74, 6) is 1.92. The van der Waals surface area contributed by atoms with Crippen molar-refractivity contribution in [3.63, 3.8) is 0 Å². The fourth-order valence-electron chi connectivity index (χ4n) is 3.43. The molecule has 160 valence electrons. The number of nitrogens with one attached hydrogen (secondary N) is 1. The summed E-state index contributed by atoms with van der Waals surface area (Å²) >= 11 is 0. The van der Waals surface area contributed by atoms with Crippen molar-refractivity contribution in [3.8, 4) is 23.0 Å². The highest BCUT2D eigenvalue weighted by Crippen LogP contribution is 2.38. The minimum Gasteiger partial charge on any atom is -0.493 e. The third-order valence-electron chi connectivity index (χ3n) is 4.93. The zero-order valence-electron chi connectivity index (χ0n) is 17.6. The van der Waals surface area contributed by atoms with Crippen LogP contribution in [-0.4, -0.2) is 33.8 Å². The molecule has 0 fully saturated rings. The van der Waals surface area contributed by atoms with Gasteiger partial charge in [0.15, 0.2) is 18.1 Å². The Hall–Kier alpha value is -3.87. The third-order valence-corrected chi connectivity index (χ3v) is 4.93. The largest absolute Gasteiger partial charge is 0.493 e. The molecule has 4 aromatic rings. The normalized spacial score (nSPS) is 10.8. The molecule has 0 atom stereocenters. The molecule has 3 aromatic carbocycles. The van der Waals surface area contributed by atoms with E-state index in [1.807, 2.05) is 36.4 Å². The summed E-state index contributed by atoms with van der Waals surface area (Å²) in [6, 6.07) is 16.9. The van der Waals surface area contributed by atoms with Crippen LogP contribution >= 0.6 is 0 Å². The Bertz CT molecular complexity index is 1200. The Morgan fingerprint density at radius 3 is 2.29 bits per heavy atom. The van der Waals surface area contributed by atoms with Crippen molar-refractivity contribution in [2.75, 3.05) is 27.9 Å². The van der Waals surface area contributed by atoms with Crippen LogP contribution in [0.3, 0.4) is 0 Å². The first-order valence-electron chi connectivity index (χ1n) is 9.72. The van der Waals surface area contributed by atoms with Gasteiger partial charge in [0.25, 0.3) is 5.91 Å². The van der Waals surface area contributed by atoms with Crippen LogP contribution < -0.4 is 24.3 Å². The van der Waals surface area contributed by atoms with Crippen molar-refractivity contribution in [3.05, 3.63) is 60.2 Å². The van der Waals surface area contributed by atoms with E-state index in [4.69, 9.17) is 23.4 Å². The first-order valence-corrected chi connectivity index (χ1v) is 9.72. The average Bonchev–Trinajstić information content (AvgIpc) is 3.18. The molecule has 1 amide bonds. The molecule has 0 saturated heterocycles. The predicted octanol–water partition coefficient (Wildman–Crippen LogP) is 4.31. The molecule has 1 aromatic heterocycles. The van der Waals surface area contributed by atoms with Gasteiger partial charge in [0, 0.05) is 17.3 Å². The van der Waals surface area contributed by atoms with Gasteiger partial charge in [-0.25, -0.2) is 0 Å². The Morgan fingerprint density at radius 1 is 0.871 bits per heavy atom. The second kappa shape index (κ2) is 8.87. The fourth-order valence-corrected chi connectivity index (χ4v) is 3.43. The van der Waals surface area contributed by atoms with Gasteiger partial charge in [-0.05, 0) is 42.0 Å². The molecule has 1 N–H and O–H groups in total. The average molecular weight is 421 g/mol. The highest BCUT2D eigenvalue weighted by Gasteiger charge is 2.14. The first kappa shape index (κ1) is 20.4. The van der Waals surface area contributed by atoms with E-state index in [0.717, 1.165) is 27.5 Å². The van der Waals surface area contributed by atoms with Crippen LogP contribution in [0.5, 0.6) is 23.0 Å². The van der Waals surface area contributed by atoms with Crippen LogP contribution in [0.2, 0.25) is 0 Å². The van der Waals surface area contributed by atoms with Crippen molar-refractivity contribution >= 4 is 27.8 Å². The molecule has 0 aliphatic rings. The molecule has 0 aliphatic heterocycles. The zero-order chi connectivity index (χ0) is 21.8. The minimum absolute atomic E-state index is 0.105. The Kier molecular flexibility index (Phi) is 5.84. The first-order chi connectivity index (χ1) is 15.1. The Balaban J connectivity index is 1.40. The fraction of sp³-hybridized carbons (Fsp3) is 0.208. The van der Waals surface area contributed by atoms with Crippen molar-refractivity contribution in [2.45, 2.75) is 6.54 Å². The van der Waals surface area contributed by atoms with Gasteiger partial charge in [-0.3, -0.25) is 4.79 Å². The van der Waals surface area contributed by atoms with E-state index in [1.165, 1.54) is 0 Å². The molecule has 0 aliphatic carbocycles. The van der Waals surface area contributed by atoms with E-state index in [2.05, 4.69) is 5.32 Å². The number of methoxy groups -OCH3 is 3. The minimum atomic E-state index is -0.245. The molecule has 7 nitrogen and oxygen atoms in total. The molecular weight excluding hydrogens is 398 g/mol. The van der Waals surface area contributed by atoms with Crippen molar-refractivity contribution in [2.24, 2.45) is 0 Å². The van der Waals surface area contributed by atoms with Gasteiger partial charge in [0.2, 0.25) is 5.75 Å².